The number of nitrogen functional groups attached to an aromatic ring is 1. The number of carbonyl (C=O) groups is 2. The minimum atomic E-state index is -1.82. The molecule has 2 rings (SSSR count). The minimum absolute atomic E-state index is 0.397. The van der Waals surface area contributed by atoms with Crippen LogP contribution in [0.1, 0.15) is 30.3 Å². The van der Waals surface area contributed by atoms with Crippen LogP contribution in [0, 0.1) is 0 Å². The maximum Gasteiger partial charge on any atom is 0.414 e. The molecule has 0 aromatic carbocycles. The van der Waals surface area contributed by atoms with Crippen molar-refractivity contribution in [2.24, 2.45) is 0 Å². The van der Waals surface area contributed by atoms with Crippen LogP contribution in [0.4, 0.5) is 5.13 Å². The van der Waals surface area contributed by atoms with Crippen molar-refractivity contribution >= 4 is 28.4 Å². The standard InChI is InChI=1S/C7H12N4S.C2H2O4/c8-7-11-10-6(12-7)5-3-1-2-4-9-5;3-1(4)2(5)6/h5,9H,1-4H2,(H2,8,11);(H,3,4)(H,5,6). The Balaban J connectivity index is 0.000000232. The fourth-order valence-corrected chi connectivity index (χ4v) is 2.17. The van der Waals surface area contributed by atoms with E-state index in [1.807, 2.05) is 0 Å². The molecule has 0 bridgehead atoms. The van der Waals surface area contributed by atoms with Gasteiger partial charge in [0.1, 0.15) is 5.01 Å². The largest absolute Gasteiger partial charge is 0.473 e. The molecular weight excluding hydrogens is 260 g/mol. The first-order valence-electron chi connectivity index (χ1n) is 5.29. The van der Waals surface area contributed by atoms with Crippen molar-refractivity contribution in [3.05, 3.63) is 5.01 Å². The Morgan fingerprint density at radius 2 is 1.94 bits per heavy atom. The molecule has 1 aliphatic heterocycles. The van der Waals surface area contributed by atoms with Crippen molar-refractivity contribution in [2.75, 3.05) is 12.3 Å². The Kier molecular flexibility index (Phi) is 5.46. The summed E-state index contributed by atoms with van der Waals surface area (Å²) in [6, 6.07) is 0.397. The third-order valence-electron chi connectivity index (χ3n) is 2.25. The van der Waals surface area contributed by atoms with E-state index in [4.69, 9.17) is 25.5 Å². The number of rotatable bonds is 1. The lowest BCUT2D eigenvalue weighted by molar-refractivity contribution is -0.159. The molecule has 1 aliphatic rings. The van der Waals surface area contributed by atoms with Crippen LogP contribution in [-0.4, -0.2) is 38.9 Å². The van der Waals surface area contributed by atoms with E-state index in [0.29, 0.717) is 11.2 Å². The Morgan fingerprint density at radius 3 is 2.33 bits per heavy atom. The topological polar surface area (TPSA) is 138 Å². The maximum atomic E-state index is 9.10. The normalized spacial score (nSPS) is 18.6. The highest BCUT2D eigenvalue weighted by Crippen LogP contribution is 2.25. The van der Waals surface area contributed by atoms with Crippen LogP contribution in [0.25, 0.3) is 0 Å². The molecule has 18 heavy (non-hydrogen) atoms. The molecule has 1 unspecified atom stereocenters. The van der Waals surface area contributed by atoms with Crippen LogP contribution in [0.2, 0.25) is 0 Å². The molecular formula is C9H14N4O4S. The van der Waals surface area contributed by atoms with Gasteiger partial charge in [0.25, 0.3) is 0 Å². The highest BCUT2D eigenvalue weighted by Gasteiger charge is 2.17. The average Bonchev–Trinajstić information content (AvgIpc) is 2.78. The molecule has 0 aliphatic carbocycles. The zero-order valence-corrected chi connectivity index (χ0v) is 10.3. The molecule has 5 N–H and O–H groups in total. The Labute approximate surface area is 107 Å². The first-order chi connectivity index (χ1) is 8.50. The molecule has 0 amide bonds. The van der Waals surface area contributed by atoms with E-state index < -0.39 is 11.9 Å². The average molecular weight is 274 g/mol. The third kappa shape index (κ3) is 4.63. The molecule has 9 heteroatoms. The number of nitrogens with zero attached hydrogens (tertiary/aromatic N) is 2. The maximum absolute atomic E-state index is 9.10. The number of hydrogen-bond donors (Lipinski definition) is 4. The molecule has 100 valence electrons. The van der Waals surface area contributed by atoms with Crippen molar-refractivity contribution in [1.82, 2.24) is 15.5 Å². The quantitative estimate of drug-likeness (QED) is 0.528. The van der Waals surface area contributed by atoms with Gasteiger partial charge in [-0.2, -0.15) is 0 Å². The number of anilines is 1. The zero-order chi connectivity index (χ0) is 13.5. The molecule has 2 heterocycles. The van der Waals surface area contributed by atoms with Gasteiger partial charge in [0.15, 0.2) is 0 Å². The summed E-state index contributed by atoms with van der Waals surface area (Å²) < 4.78 is 0. The summed E-state index contributed by atoms with van der Waals surface area (Å²) in [6.45, 7) is 1.09. The first-order valence-corrected chi connectivity index (χ1v) is 6.11. The van der Waals surface area contributed by atoms with Crippen LogP contribution in [-0.2, 0) is 9.59 Å². The smallest absolute Gasteiger partial charge is 0.414 e. The summed E-state index contributed by atoms with van der Waals surface area (Å²) in [7, 11) is 0. The van der Waals surface area contributed by atoms with Crippen LogP contribution < -0.4 is 11.1 Å². The van der Waals surface area contributed by atoms with Gasteiger partial charge in [-0.25, -0.2) is 9.59 Å². The van der Waals surface area contributed by atoms with Crippen LogP contribution in [0.15, 0.2) is 0 Å². The molecule has 1 saturated heterocycles. The molecule has 1 aromatic heterocycles. The van der Waals surface area contributed by atoms with Crippen molar-refractivity contribution in [1.29, 1.82) is 0 Å². The number of hydrogen-bond acceptors (Lipinski definition) is 7. The molecule has 0 spiro atoms. The van der Waals surface area contributed by atoms with Crippen molar-refractivity contribution in [2.45, 2.75) is 25.3 Å². The van der Waals surface area contributed by atoms with Crippen LogP contribution in [0.3, 0.4) is 0 Å². The number of nitrogens with one attached hydrogen (secondary N) is 1. The fourth-order valence-electron chi connectivity index (χ4n) is 1.45. The molecule has 1 fully saturated rings. The van der Waals surface area contributed by atoms with E-state index in [-0.39, 0.29) is 0 Å². The van der Waals surface area contributed by atoms with E-state index in [2.05, 4.69) is 15.5 Å². The summed E-state index contributed by atoms with van der Waals surface area (Å²) >= 11 is 1.49. The van der Waals surface area contributed by atoms with Gasteiger partial charge >= 0.3 is 11.9 Å². The summed E-state index contributed by atoms with van der Waals surface area (Å²) in [6.07, 6.45) is 3.70. The lowest BCUT2D eigenvalue weighted by Crippen LogP contribution is -2.26. The summed E-state index contributed by atoms with van der Waals surface area (Å²) in [5.41, 5.74) is 5.50. The second-order valence-corrected chi connectivity index (χ2v) is 4.63. The molecule has 1 atom stereocenters. The SMILES string of the molecule is Nc1nnc(C2CCCCN2)s1.O=C(O)C(=O)O. The van der Waals surface area contributed by atoms with Gasteiger partial charge in [-0.1, -0.05) is 17.8 Å². The van der Waals surface area contributed by atoms with Crippen LogP contribution in [0.5, 0.6) is 0 Å². The number of piperidine rings is 1. The molecule has 0 saturated carbocycles. The van der Waals surface area contributed by atoms with Crippen molar-refractivity contribution < 1.29 is 19.8 Å². The monoisotopic (exact) mass is 274 g/mol. The summed E-state index contributed by atoms with van der Waals surface area (Å²) in [5.74, 6) is -3.65. The van der Waals surface area contributed by atoms with E-state index in [1.54, 1.807) is 0 Å². The van der Waals surface area contributed by atoms with Gasteiger partial charge in [-0.05, 0) is 19.4 Å². The van der Waals surface area contributed by atoms with E-state index in [9.17, 15) is 0 Å². The Morgan fingerprint density at radius 1 is 1.28 bits per heavy atom. The number of nitrogens with two attached hydrogens (primary N) is 1. The lowest BCUT2D eigenvalue weighted by Gasteiger charge is -2.20. The van der Waals surface area contributed by atoms with Gasteiger partial charge in [-0.3, -0.25) is 0 Å². The third-order valence-corrected chi connectivity index (χ3v) is 3.11. The van der Waals surface area contributed by atoms with Gasteiger partial charge < -0.3 is 21.3 Å². The number of carboxylic acids is 2. The molecule has 0 radical (unpaired) electrons. The highest BCUT2D eigenvalue weighted by molar-refractivity contribution is 7.15. The van der Waals surface area contributed by atoms with Crippen molar-refractivity contribution in [3.63, 3.8) is 0 Å². The predicted octanol–water partition coefficient (Wildman–Crippen LogP) is 0.0905. The number of carboxylic acid groups (broad SMARTS) is 2. The summed E-state index contributed by atoms with van der Waals surface area (Å²) in [4.78, 5) is 18.2. The Bertz CT molecular complexity index is 404. The number of aliphatic carboxylic acids is 2. The first kappa shape index (κ1) is 14.3. The Hall–Kier alpha value is -1.74. The van der Waals surface area contributed by atoms with Gasteiger partial charge in [0.05, 0.1) is 6.04 Å². The van der Waals surface area contributed by atoms with Gasteiger partial charge in [0, 0.05) is 0 Å². The van der Waals surface area contributed by atoms with E-state index in [1.165, 1.54) is 24.2 Å². The van der Waals surface area contributed by atoms with E-state index >= 15 is 0 Å². The van der Waals surface area contributed by atoms with E-state index in [0.717, 1.165) is 18.0 Å². The predicted molar refractivity (Wildman–Crippen MR) is 64.2 cm³/mol. The number of aromatic nitrogens is 2. The second kappa shape index (κ2) is 6.87. The molecule has 1 aromatic rings. The van der Waals surface area contributed by atoms with Gasteiger partial charge in [0.2, 0.25) is 5.13 Å². The molecule has 8 nitrogen and oxygen atoms in total. The highest BCUT2D eigenvalue weighted by atomic mass is 32.1. The zero-order valence-electron chi connectivity index (χ0n) is 9.50. The summed E-state index contributed by atoms with van der Waals surface area (Å²) in [5, 5.41) is 27.6. The fraction of sp³-hybridized carbons (Fsp3) is 0.556. The van der Waals surface area contributed by atoms with Gasteiger partial charge in [-0.15, -0.1) is 10.2 Å². The van der Waals surface area contributed by atoms with Crippen molar-refractivity contribution in [3.8, 4) is 0 Å². The minimum Gasteiger partial charge on any atom is -0.473 e. The second-order valence-electron chi connectivity index (χ2n) is 3.59. The van der Waals surface area contributed by atoms with Crippen LogP contribution >= 0.6 is 11.3 Å². The lowest BCUT2D eigenvalue weighted by atomic mass is 10.1.